The maximum absolute atomic E-state index is 8.64. The molecule has 0 atom stereocenters. The summed E-state index contributed by atoms with van der Waals surface area (Å²) < 4.78 is 6.47. The third-order valence-corrected chi connectivity index (χ3v) is 5.19. The molecule has 0 aliphatic rings. The Balaban J connectivity index is 1.63. The zero-order valence-electron chi connectivity index (χ0n) is 12.1. The number of nitrogens with zero attached hydrogens (tertiary/aromatic N) is 1. The van der Waals surface area contributed by atoms with Crippen LogP contribution in [-0.4, -0.2) is 35.7 Å². The Labute approximate surface area is 138 Å². The van der Waals surface area contributed by atoms with Crippen LogP contribution in [0.15, 0.2) is 53.4 Å². The molecule has 22 heavy (non-hydrogen) atoms. The van der Waals surface area contributed by atoms with Gasteiger partial charge < -0.3 is 9.84 Å². The summed E-state index contributed by atoms with van der Waals surface area (Å²) in [5.74, 6) is 0.889. The molecule has 2 aromatic carbocycles. The van der Waals surface area contributed by atoms with E-state index in [9.17, 15) is 0 Å². The van der Waals surface area contributed by atoms with Crippen LogP contribution in [0, 0.1) is 0 Å². The van der Waals surface area contributed by atoms with Gasteiger partial charge in [0.05, 0.1) is 30.0 Å². The lowest BCUT2D eigenvalue weighted by Gasteiger charge is -2.03. The van der Waals surface area contributed by atoms with Crippen LogP contribution in [0.4, 0.5) is 0 Å². The average Bonchev–Trinajstić information content (AvgIpc) is 2.99. The zero-order chi connectivity index (χ0) is 15.2. The largest absolute Gasteiger partial charge is 0.394 e. The monoisotopic (exact) mass is 331 g/mol. The van der Waals surface area contributed by atoms with E-state index in [2.05, 4.69) is 35.3 Å². The second-order valence-electron chi connectivity index (χ2n) is 4.70. The van der Waals surface area contributed by atoms with Gasteiger partial charge in [0.25, 0.3) is 0 Å². The van der Waals surface area contributed by atoms with Crippen molar-refractivity contribution in [3.63, 3.8) is 0 Å². The summed E-state index contributed by atoms with van der Waals surface area (Å²) >= 11 is 3.48. The van der Waals surface area contributed by atoms with Gasteiger partial charge in [-0.25, -0.2) is 4.98 Å². The Morgan fingerprint density at radius 1 is 1.05 bits per heavy atom. The van der Waals surface area contributed by atoms with Crippen LogP contribution in [-0.2, 0) is 4.74 Å². The Kier molecular flexibility index (Phi) is 5.45. The van der Waals surface area contributed by atoms with Crippen LogP contribution in [0.3, 0.4) is 0 Å². The molecule has 0 unspecified atom stereocenters. The van der Waals surface area contributed by atoms with Crippen LogP contribution < -0.4 is 0 Å². The normalized spacial score (nSPS) is 11.1. The highest BCUT2D eigenvalue weighted by molar-refractivity contribution is 7.99. The number of para-hydroxylation sites is 1. The summed E-state index contributed by atoms with van der Waals surface area (Å²) in [6, 6.07) is 16.7. The fourth-order valence-electron chi connectivity index (χ4n) is 2.07. The number of aromatic nitrogens is 1. The Morgan fingerprint density at radius 2 is 1.86 bits per heavy atom. The van der Waals surface area contributed by atoms with E-state index in [0.29, 0.717) is 13.2 Å². The number of aliphatic hydroxyl groups excluding tert-OH is 1. The molecule has 5 heteroatoms. The van der Waals surface area contributed by atoms with Gasteiger partial charge >= 0.3 is 0 Å². The van der Waals surface area contributed by atoms with Crippen molar-refractivity contribution < 1.29 is 9.84 Å². The Bertz CT molecular complexity index is 692. The lowest BCUT2D eigenvalue weighted by atomic mass is 10.2. The molecule has 1 N–H and O–H groups in total. The fourth-order valence-corrected chi connectivity index (χ4v) is 3.81. The standard InChI is InChI=1S/C17H17NO2S2/c19-9-10-20-11-12-21-14-7-5-13(6-8-14)17-18-15-3-1-2-4-16(15)22-17/h1-8,19H,9-12H2. The Hall–Kier alpha value is -1.40. The van der Waals surface area contributed by atoms with Crippen molar-refractivity contribution in [2.45, 2.75) is 4.90 Å². The summed E-state index contributed by atoms with van der Waals surface area (Å²) in [5.41, 5.74) is 2.21. The topological polar surface area (TPSA) is 42.4 Å². The summed E-state index contributed by atoms with van der Waals surface area (Å²) in [6.45, 7) is 1.16. The van der Waals surface area contributed by atoms with E-state index in [4.69, 9.17) is 9.84 Å². The smallest absolute Gasteiger partial charge is 0.124 e. The third kappa shape index (κ3) is 3.87. The highest BCUT2D eigenvalue weighted by Crippen LogP contribution is 2.31. The van der Waals surface area contributed by atoms with E-state index in [1.54, 1.807) is 23.1 Å². The van der Waals surface area contributed by atoms with Gasteiger partial charge in [0.2, 0.25) is 0 Å². The molecule has 0 amide bonds. The van der Waals surface area contributed by atoms with Crippen LogP contribution in [0.1, 0.15) is 0 Å². The highest BCUT2D eigenvalue weighted by atomic mass is 32.2. The number of rotatable bonds is 7. The molecule has 0 aliphatic heterocycles. The van der Waals surface area contributed by atoms with Crippen LogP contribution in [0.5, 0.6) is 0 Å². The number of thiazole rings is 1. The molecule has 0 spiro atoms. The van der Waals surface area contributed by atoms with Gasteiger partial charge in [0, 0.05) is 16.2 Å². The first kappa shape index (κ1) is 15.5. The average molecular weight is 331 g/mol. The lowest BCUT2D eigenvalue weighted by molar-refractivity contribution is 0.103. The molecule has 114 valence electrons. The fraction of sp³-hybridized carbons (Fsp3) is 0.235. The second-order valence-corrected chi connectivity index (χ2v) is 6.89. The quantitative estimate of drug-likeness (QED) is 0.523. The first-order valence-electron chi connectivity index (χ1n) is 7.14. The van der Waals surface area contributed by atoms with Crippen molar-refractivity contribution in [3.8, 4) is 10.6 Å². The van der Waals surface area contributed by atoms with Gasteiger partial charge in [-0.1, -0.05) is 24.3 Å². The molecule has 0 saturated carbocycles. The molecular formula is C17H17NO2S2. The van der Waals surface area contributed by atoms with Crippen molar-refractivity contribution in [1.82, 2.24) is 4.98 Å². The summed E-state index contributed by atoms with van der Waals surface area (Å²) in [4.78, 5) is 5.90. The summed E-state index contributed by atoms with van der Waals surface area (Å²) in [6.07, 6.45) is 0. The predicted molar refractivity (Wildman–Crippen MR) is 93.7 cm³/mol. The van der Waals surface area contributed by atoms with Gasteiger partial charge in [-0.05, 0) is 24.3 Å². The van der Waals surface area contributed by atoms with Gasteiger partial charge in [-0.3, -0.25) is 0 Å². The van der Waals surface area contributed by atoms with Crippen LogP contribution in [0.25, 0.3) is 20.8 Å². The molecule has 1 aromatic heterocycles. The maximum Gasteiger partial charge on any atom is 0.124 e. The molecular weight excluding hydrogens is 314 g/mol. The molecule has 3 aromatic rings. The van der Waals surface area contributed by atoms with Crippen molar-refractivity contribution in [2.24, 2.45) is 0 Å². The molecule has 1 heterocycles. The van der Waals surface area contributed by atoms with Gasteiger partial charge in [-0.2, -0.15) is 0 Å². The number of hydrogen-bond acceptors (Lipinski definition) is 5. The van der Waals surface area contributed by atoms with Gasteiger partial charge in [0.1, 0.15) is 5.01 Å². The van der Waals surface area contributed by atoms with Crippen molar-refractivity contribution >= 4 is 33.3 Å². The van der Waals surface area contributed by atoms with E-state index in [0.717, 1.165) is 21.8 Å². The number of hydrogen-bond donors (Lipinski definition) is 1. The van der Waals surface area contributed by atoms with Crippen molar-refractivity contribution in [3.05, 3.63) is 48.5 Å². The minimum atomic E-state index is 0.0849. The van der Waals surface area contributed by atoms with Gasteiger partial charge in [-0.15, -0.1) is 23.1 Å². The minimum absolute atomic E-state index is 0.0849. The summed E-state index contributed by atoms with van der Waals surface area (Å²) in [7, 11) is 0. The highest BCUT2D eigenvalue weighted by Gasteiger charge is 2.05. The molecule has 0 bridgehead atoms. The van der Waals surface area contributed by atoms with E-state index in [1.165, 1.54) is 9.60 Å². The first-order chi connectivity index (χ1) is 10.9. The minimum Gasteiger partial charge on any atom is -0.394 e. The molecule has 0 saturated heterocycles. The summed E-state index contributed by atoms with van der Waals surface area (Å²) in [5, 5.41) is 9.70. The number of thioether (sulfide) groups is 1. The molecule has 0 aliphatic carbocycles. The molecule has 0 fully saturated rings. The molecule has 0 radical (unpaired) electrons. The van der Waals surface area contributed by atoms with Crippen LogP contribution in [0.2, 0.25) is 0 Å². The van der Waals surface area contributed by atoms with E-state index in [1.807, 2.05) is 18.2 Å². The van der Waals surface area contributed by atoms with E-state index < -0.39 is 0 Å². The second kappa shape index (κ2) is 7.74. The predicted octanol–water partition coefficient (Wildman–Crippen LogP) is 4.06. The van der Waals surface area contributed by atoms with E-state index >= 15 is 0 Å². The number of aliphatic hydroxyl groups is 1. The number of fused-ring (bicyclic) bond motifs is 1. The van der Waals surface area contributed by atoms with Crippen molar-refractivity contribution in [2.75, 3.05) is 25.6 Å². The first-order valence-corrected chi connectivity index (χ1v) is 8.94. The SMILES string of the molecule is OCCOCCSc1ccc(-c2nc3ccccc3s2)cc1. The molecule has 3 rings (SSSR count). The zero-order valence-corrected chi connectivity index (χ0v) is 13.7. The van der Waals surface area contributed by atoms with Crippen LogP contribution >= 0.6 is 23.1 Å². The Morgan fingerprint density at radius 3 is 2.64 bits per heavy atom. The van der Waals surface area contributed by atoms with E-state index in [-0.39, 0.29) is 6.61 Å². The number of ether oxygens (including phenoxy) is 1. The van der Waals surface area contributed by atoms with Gasteiger partial charge in [0.15, 0.2) is 0 Å². The lowest BCUT2D eigenvalue weighted by Crippen LogP contribution is -2.02. The molecule has 3 nitrogen and oxygen atoms in total. The van der Waals surface area contributed by atoms with Crippen molar-refractivity contribution in [1.29, 1.82) is 0 Å². The number of benzene rings is 2. The third-order valence-electron chi connectivity index (χ3n) is 3.13. The maximum atomic E-state index is 8.64.